The van der Waals surface area contributed by atoms with Crippen LogP contribution in [0.4, 0.5) is 0 Å². The van der Waals surface area contributed by atoms with Crippen molar-refractivity contribution in [3.8, 4) is 0 Å². The highest BCUT2D eigenvalue weighted by atomic mass is 16.4. The summed E-state index contributed by atoms with van der Waals surface area (Å²) < 4.78 is 0. The van der Waals surface area contributed by atoms with E-state index in [1.165, 1.54) is 6.07 Å². The van der Waals surface area contributed by atoms with Gasteiger partial charge in [-0.3, -0.25) is 14.4 Å². The van der Waals surface area contributed by atoms with E-state index in [2.05, 4.69) is 10.3 Å². The van der Waals surface area contributed by atoms with E-state index in [1.54, 1.807) is 32.0 Å². The molecule has 2 aromatic rings. The normalized spacial score (nSPS) is 11.4. The molecule has 0 spiro atoms. The summed E-state index contributed by atoms with van der Waals surface area (Å²) in [4.78, 5) is 37.6. The van der Waals surface area contributed by atoms with E-state index < -0.39 is 23.0 Å². The van der Waals surface area contributed by atoms with Crippen molar-refractivity contribution in [2.45, 2.75) is 32.2 Å². The van der Waals surface area contributed by atoms with E-state index >= 15 is 0 Å². The van der Waals surface area contributed by atoms with Crippen LogP contribution in [0, 0.1) is 0 Å². The van der Waals surface area contributed by atoms with E-state index in [0.717, 1.165) is 5.39 Å². The van der Waals surface area contributed by atoms with E-state index in [0.29, 0.717) is 5.52 Å². The van der Waals surface area contributed by atoms with Gasteiger partial charge in [0.2, 0.25) is 0 Å². The van der Waals surface area contributed by atoms with Crippen LogP contribution >= 0.6 is 0 Å². The van der Waals surface area contributed by atoms with Gasteiger partial charge in [0.25, 0.3) is 11.5 Å². The number of H-pyrrole nitrogens is 1. The van der Waals surface area contributed by atoms with Crippen LogP contribution in [0.1, 0.15) is 37.0 Å². The topological polar surface area (TPSA) is 99.3 Å². The largest absolute Gasteiger partial charge is 0.481 e. The van der Waals surface area contributed by atoms with Gasteiger partial charge in [-0.1, -0.05) is 18.2 Å². The number of carboxylic acids is 1. The van der Waals surface area contributed by atoms with Gasteiger partial charge >= 0.3 is 5.97 Å². The average molecular weight is 302 g/mol. The number of carbonyl (C=O) groups is 2. The van der Waals surface area contributed by atoms with Gasteiger partial charge in [0.1, 0.15) is 5.56 Å². The van der Waals surface area contributed by atoms with Crippen molar-refractivity contribution < 1.29 is 14.7 Å². The minimum atomic E-state index is -0.925. The van der Waals surface area contributed by atoms with Crippen molar-refractivity contribution in [3.05, 3.63) is 46.2 Å². The SMILES string of the molecule is CC(C)(CCC(=O)O)NC(=O)c1cc2ccccc2[nH]c1=O. The van der Waals surface area contributed by atoms with Crippen molar-refractivity contribution in [3.63, 3.8) is 0 Å². The van der Waals surface area contributed by atoms with Gasteiger partial charge in [0.15, 0.2) is 0 Å². The summed E-state index contributed by atoms with van der Waals surface area (Å²) in [7, 11) is 0. The maximum Gasteiger partial charge on any atom is 0.303 e. The van der Waals surface area contributed by atoms with E-state index in [-0.39, 0.29) is 18.4 Å². The van der Waals surface area contributed by atoms with Gasteiger partial charge in [0.05, 0.1) is 0 Å². The molecule has 3 N–H and O–H groups in total. The number of pyridine rings is 1. The molecule has 0 saturated heterocycles. The first-order valence-electron chi connectivity index (χ1n) is 6.95. The second-order valence-electron chi connectivity index (χ2n) is 5.83. The summed E-state index contributed by atoms with van der Waals surface area (Å²) in [5, 5.41) is 12.2. The van der Waals surface area contributed by atoms with Crippen LogP contribution in [-0.4, -0.2) is 27.5 Å². The molecule has 116 valence electrons. The monoisotopic (exact) mass is 302 g/mol. The third kappa shape index (κ3) is 3.72. The van der Waals surface area contributed by atoms with Gasteiger partial charge < -0.3 is 15.4 Å². The third-order valence-corrected chi connectivity index (χ3v) is 3.41. The molecule has 2 rings (SSSR count). The van der Waals surface area contributed by atoms with Gasteiger partial charge in [-0.2, -0.15) is 0 Å². The molecule has 1 amide bonds. The molecule has 0 atom stereocenters. The molecule has 6 nitrogen and oxygen atoms in total. The lowest BCUT2D eigenvalue weighted by Crippen LogP contribution is -2.45. The summed E-state index contributed by atoms with van der Waals surface area (Å²) in [5.41, 5.74) is -0.505. The number of benzene rings is 1. The zero-order valence-electron chi connectivity index (χ0n) is 12.5. The number of fused-ring (bicyclic) bond motifs is 1. The molecule has 1 heterocycles. The number of para-hydroxylation sites is 1. The highest BCUT2D eigenvalue weighted by molar-refractivity contribution is 5.97. The first-order chi connectivity index (χ1) is 10.3. The molecule has 0 aliphatic rings. The lowest BCUT2D eigenvalue weighted by Gasteiger charge is -2.25. The summed E-state index contributed by atoms with van der Waals surface area (Å²) in [5.74, 6) is -1.44. The zero-order valence-corrected chi connectivity index (χ0v) is 12.5. The molecule has 6 heteroatoms. The highest BCUT2D eigenvalue weighted by Gasteiger charge is 2.23. The number of aromatic nitrogens is 1. The Morgan fingerprint density at radius 3 is 2.64 bits per heavy atom. The van der Waals surface area contributed by atoms with Crippen LogP contribution in [0.5, 0.6) is 0 Å². The molecular formula is C16H18N2O4. The van der Waals surface area contributed by atoms with Crippen LogP contribution in [-0.2, 0) is 4.79 Å². The second kappa shape index (κ2) is 6.01. The van der Waals surface area contributed by atoms with Crippen LogP contribution in [0.15, 0.2) is 35.1 Å². The molecule has 0 bridgehead atoms. The van der Waals surface area contributed by atoms with E-state index in [1.807, 2.05) is 6.07 Å². The molecule has 0 aliphatic heterocycles. The first kappa shape index (κ1) is 15.8. The average Bonchev–Trinajstić information content (AvgIpc) is 2.44. The number of aliphatic carboxylic acids is 1. The lowest BCUT2D eigenvalue weighted by molar-refractivity contribution is -0.137. The predicted octanol–water partition coefficient (Wildman–Crippen LogP) is 1.90. The smallest absolute Gasteiger partial charge is 0.303 e. The molecule has 0 fully saturated rings. The molecule has 22 heavy (non-hydrogen) atoms. The summed E-state index contributed by atoms with van der Waals surface area (Å²) >= 11 is 0. The zero-order chi connectivity index (χ0) is 16.3. The van der Waals surface area contributed by atoms with Gasteiger partial charge in [-0.25, -0.2) is 0 Å². The maximum atomic E-state index is 12.3. The molecular weight excluding hydrogens is 284 g/mol. The predicted molar refractivity (Wildman–Crippen MR) is 83.0 cm³/mol. The number of hydrogen-bond acceptors (Lipinski definition) is 3. The Labute approximate surface area is 127 Å². The third-order valence-electron chi connectivity index (χ3n) is 3.41. The molecule has 0 aliphatic carbocycles. The number of aromatic amines is 1. The van der Waals surface area contributed by atoms with E-state index in [9.17, 15) is 14.4 Å². The van der Waals surface area contributed by atoms with Gasteiger partial charge in [-0.05, 0) is 37.8 Å². The van der Waals surface area contributed by atoms with Gasteiger partial charge in [0, 0.05) is 17.5 Å². The molecule has 1 aromatic carbocycles. The quantitative estimate of drug-likeness (QED) is 0.785. The first-order valence-corrected chi connectivity index (χ1v) is 6.95. The number of hydrogen-bond donors (Lipinski definition) is 3. The number of carboxylic acid groups (broad SMARTS) is 1. The molecule has 0 unspecified atom stereocenters. The van der Waals surface area contributed by atoms with Gasteiger partial charge in [-0.15, -0.1) is 0 Å². The van der Waals surface area contributed by atoms with Crippen LogP contribution in [0.25, 0.3) is 10.9 Å². The van der Waals surface area contributed by atoms with Crippen molar-refractivity contribution in [2.24, 2.45) is 0 Å². The van der Waals surface area contributed by atoms with Crippen LogP contribution < -0.4 is 10.9 Å². The maximum absolute atomic E-state index is 12.3. The van der Waals surface area contributed by atoms with E-state index in [4.69, 9.17) is 5.11 Å². The van der Waals surface area contributed by atoms with Crippen molar-refractivity contribution in [1.82, 2.24) is 10.3 Å². The molecule has 0 radical (unpaired) electrons. The number of carbonyl (C=O) groups excluding carboxylic acids is 1. The Kier molecular flexibility index (Phi) is 4.30. The summed E-state index contributed by atoms with van der Waals surface area (Å²) in [6, 6.07) is 8.72. The number of amides is 1. The lowest BCUT2D eigenvalue weighted by atomic mass is 9.97. The molecule has 1 aromatic heterocycles. The Hall–Kier alpha value is -2.63. The fourth-order valence-electron chi connectivity index (χ4n) is 2.17. The number of nitrogens with one attached hydrogen (secondary N) is 2. The standard InChI is InChI=1S/C16H18N2O4/c1-16(2,8-7-13(19)20)18-15(22)11-9-10-5-3-4-6-12(10)17-14(11)21/h3-6,9H,7-8H2,1-2H3,(H,17,21)(H,18,22)(H,19,20). The second-order valence-corrected chi connectivity index (χ2v) is 5.83. The van der Waals surface area contributed by atoms with Crippen LogP contribution in [0.3, 0.4) is 0 Å². The minimum absolute atomic E-state index is 0.0158. The summed E-state index contributed by atoms with van der Waals surface area (Å²) in [6.07, 6.45) is 0.223. The Morgan fingerprint density at radius 2 is 1.95 bits per heavy atom. The Morgan fingerprint density at radius 1 is 1.27 bits per heavy atom. The Bertz CT molecular complexity index is 777. The van der Waals surface area contributed by atoms with Crippen molar-refractivity contribution in [1.29, 1.82) is 0 Å². The Balaban J connectivity index is 2.24. The fourth-order valence-corrected chi connectivity index (χ4v) is 2.17. The number of rotatable bonds is 5. The van der Waals surface area contributed by atoms with Crippen LogP contribution in [0.2, 0.25) is 0 Å². The van der Waals surface area contributed by atoms with Crippen molar-refractivity contribution in [2.75, 3.05) is 0 Å². The van der Waals surface area contributed by atoms with Crippen molar-refractivity contribution >= 4 is 22.8 Å². The fraction of sp³-hybridized carbons (Fsp3) is 0.312. The minimum Gasteiger partial charge on any atom is -0.481 e. The highest BCUT2D eigenvalue weighted by Crippen LogP contribution is 2.14. The summed E-state index contributed by atoms with van der Waals surface area (Å²) in [6.45, 7) is 3.45. The molecule has 0 saturated carbocycles.